The molecule has 5 nitrogen and oxygen atoms in total. The van der Waals surface area contributed by atoms with E-state index in [9.17, 15) is 0 Å². The highest BCUT2D eigenvalue weighted by Gasteiger charge is 2.04. The number of benzene rings is 1. The van der Waals surface area contributed by atoms with Gasteiger partial charge in [0.05, 0.1) is 17.1 Å². The van der Waals surface area contributed by atoms with Crippen LogP contribution in [0.25, 0.3) is 11.0 Å². The van der Waals surface area contributed by atoms with Crippen molar-refractivity contribution in [3.63, 3.8) is 0 Å². The molecule has 1 aromatic heterocycles. The molecule has 0 amide bonds. The monoisotopic (exact) mass is 188 g/mol. The van der Waals surface area contributed by atoms with Crippen LogP contribution < -0.4 is 0 Å². The molecule has 0 aliphatic rings. The molecule has 0 unspecified atom stereocenters. The Morgan fingerprint density at radius 1 is 1.57 bits per heavy atom. The van der Waals surface area contributed by atoms with Gasteiger partial charge in [0.2, 0.25) is 0 Å². The third-order valence-electron chi connectivity index (χ3n) is 1.89. The number of ether oxygens (including phenoxy) is 1. The number of rotatable bonds is 2. The van der Waals surface area contributed by atoms with Crippen LogP contribution >= 0.6 is 0 Å². The van der Waals surface area contributed by atoms with Gasteiger partial charge in [-0.15, -0.1) is 5.10 Å². The number of hydrogen-bond acceptors (Lipinski definition) is 4. The Kier molecular flexibility index (Phi) is 2.13. The van der Waals surface area contributed by atoms with Crippen LogP contribution in [0, 0.1) is 11.3 Å². The fourth-order valence-electron chi connectivity index (χ4n) is 1.25. The van der Waals surface area contributed by atoms with E-state index in [-0.39, 0.29) is 0 Å². The van der Waals surface area contributed by atoms with Crippen molar-refractivity contribution in [1.82, 2.24) is 15.0 Å². The fraction of sp³-hybridized carbons (Fsp3) is 0.222. The summed E-state index contributed by atoms with van der Waals surface area (Å²) in [6.45, 7) is 0.339. The molecule has 14 heavy (non-hydrogen) atoms. The van der Waals surface area contributed by atoms with Crippen molar-refractivity contribution in [2.24, 2.45) is 0 Å². The van der Waals surface area contributed by atoms with E-state index in [1.807, 2.05) is 0 Å². The summed E-state index contributed by atoms with van der Waals surface area (Å²) >= 11 is 0. The molecule has 5 heteroatoms. The van der Waals surface area contributed by atoms with Crippen molar-refractivity contribution >= 4 is 11.0 Å². The van der Waals surface area contributed by atoms with Crippen molar-refractivity contribution in [2.75, 3.05) is 7.11 Å². The Bertz CT molecular complexity index is 497. The SMILES string of the molecule is COCn1nnc2ccc(C#N)cc21. The Morgan fingerprint density at radius 2 is 2.43 bits per heavy atom. The lowest BCUT2D eigenvalue weighted by Crippen LogP contribution is -2.01. The zero-order valence-electron chi connectivity index (χ0n) is 7.64. The normalized spacial score (nSPS) is 10.3. The quantitative estimate of drug-likeness (QED) is 0.702. The molecule has 2 aromatic rings. The lowest BCUT2D eigenvalue weighted by Gasteiger charge is -1.98. The second-order valence-electron chi connectivity index (χ2n) is 2.82. The number of nitriles is 1. The minimum absolute atomic E-state index is 0.339. The van der Waals surface area contributed by atoms with Crippen LogP contribution in [0.4, 0.5) is 0 Å². The largest absolute Gasteiger partial charge is 0.362 e. The summed E-state index contributed by atoms with van der Waals surface area (Å²) < 4.78 is 6.55. The van der Waals surface area contributed by atoms with Gasteiger partial charge in [-0.1, -0.05) is 5.21 Å². The van der Waals surface area contributed by atoms with Crippen molar-refractivity contribution < 1.29 is 4.74 Å². The maximum absolute atomic E-state index is 8.72. The first-order chi connectivity index (χ1) is 6.85. The first kappa shape index (κ1) is 8.66. The molecule has 0 bridgehead atoms. The van der Waals surface area contributed by atoms with Crippen LogP contribution in [-0.4, -0.2) is 22.1 Å². The van der Waals surface area contributed by atoms with Gasteiger partial charge in [0.1, 0.15) is 12.2 Å². The molecule has 0 atom stereocenters. The molecular weight excluding hydrogens is 180 g/mol. The van der Waals surface area contributed by atoms with Crippen molar-refractivity contribution in [3.8, 4) is 6.07 Å². The van der Waals surface area contributed by atoms with Gasteiger partial charge >= 0.3 is 0 Å². The van der Waals surface area contributed by atoms with Gasteiger partial charge in [-0.05, 0) is 18.2 Å². The second kappa shape index (κ2) is 3.44. The molecule has 1 heterocycles. The van der Waals surface area contributed by atoms with E-state index in [1.165, 1.54) is 0 Å². The van der Waals surface area contributed by atoms with Crippen molar-refractivity contribution in [1.29, 1.82) is 5.26 Å². The predicted octanol–water partition coefficient (Wildman–Crippen LogP) is 0.907. The molecule has 0 saturated heterocycles. The third kappa shape index (κ3) is 1.32. The highest BCUT2D eigenvalue weighted by molar-refractivity contribution is 5.75. The zero-order chi connectivity index (χ0) is 9.97. The summed E-state index contributed by atoms with van der Waals surface area (Å²) in [4.78, 5) is 0. The minimum atomic E-state index is 0.339. The van der Waals surface area contributed by atoms with Crippen LogP contribution in [0.5, 0.6) is 0 Å². The van der Waals surface area contributed by atoms with Crippen molar-refractivity contribution in [2.45, 2.75) is 6.73 Å². The van der Waals surface area contributed by atoms with Gasteiger partial charge in [0, 0.05) is 7.11 Å². The van der Waals surface area contributed by atoms with E-state index in [0.29, 0.717) is 12.3 Å². The van der Waals surface area contributed by atoms with Crippen LogP contribution in [0.2, 0.25) is 0 Å². The minimum Gasteiger partial charge on any atom is -0.362 e. The summed E-state index contributed by atoms with van der Waals surface area (Å²) in [6.07, 6.45) is 0. The highest BCUT2D eigenvalue weighted by Crippen LogP contribution is 2.12. The van der Waals surface area contributed by atoms with E-state index < -0.39 is 0 Å². The van der Waals surface area contributed by atoms with Gasteiger partial charge in [-0.25, -0.2) is 4.68 Å². The van der Waals surface area contributed by atoms with Gasteiger partial charge in [0.15, 0.2) is 0 Å². The van der Waals surface area contributed by atoms with Gasteiger partial charge < -0.3 is 4.74 Å². The maximum Gasteiger partial charge on any atom is 0.141 e. The van der Waals surface area contributed by atoms with Crippen molar-refractivity contribution in [3.05, 3.63) is 23.8 Å². The van der Waals surface area contributed by atoms with E-state index >= 15 is 0 Å². The molecule has 0 aliphatic heterocycles. The van der Waals surface area contributed by atoms with Gasteiger partial charge in [0.25, 0.3) is 0 Å². The summed E-state index contributed by atoms with van der Waals surface area (Å²) in [7, 11) is 1.58. The number of aromatic nitrogens is 3. The standard InChI is InChI=1S/C9H8N4O/c1-14-6-13-9-4-7(5-10)2-3-8(9)11-12-13/h2-4H,6H2,1H3. The van der Waals surface area contributed by atoms with E-state index in [1.54, 1.807) is 30.0 Å². The molecule has 0 aliphatic carbocycles. The van der Waals surface area contributed by atoms with E-state index in [0.717, 1.165) is 11.0 Å². The van der Waals surface area contributed by atoms with Gasteiger partial charge in [-0.2, -0.15) is 5.26 Å². The first-order valence-corrected chi connectivity index (χ1v) is 4.07. The first-order valence-electron chi connectivity index (χ1n) is 4.07. The summed E-state index contributed by atoms with van der Waals surface area (Å²) in [5.41, 5.74) is 2.17. The smallest absolute Gasteiger partial charge is 0.141 e. The van der Waals surface area contributed by atoms with E-state index in [4.69, 9.17) is 10.00 Å². The Hall–Kier alpha value is -1.93. The van der Waals surface area contributed by atoms with E-state index in [2.05, 4.69) is 16.4 Å². The summed E-state index contributed by atoms with van der Waals surface area (Å²) in [6, 6.07) is 7.30. The maximum atomic E-state index is 8.72. The molecule has 70 valence electrons. The Balaban J connectivity index is 2.59. The zero-order valence-corrected chi connectivity index (χ0v) is 7.64. The average molecular weight is 188 g/mol. The number of nitrogens with zero attached hydrogens (tertiary/aromatic N) is 4. The molecule has 0 N–H and O–H groups in total. The molecule has 0 saturated carbocycles. The third-order valence-corrected chi connectivity index (χ3v) is 1.89. The topological polar surface area (TPSA) is 63.7 Å². The molecule has 0 spiro atoms. The average Bonchev–Trinajstić information content (AvgIpc) is 2.61. The molecule has 0 radical (unpaired) electrons. The van der Waals surface area contributed by atoms with Crippen LogP contribution in [0.3, 0.4) is 0 Å². The molecule has 1 aromatic carbocycles. The number of fused-ring (bicyclic) bond motifs is 1. The molecule has 0 fully saturated rings. The van der Waals surface area contributed by atoms with Crippen LogP contribution in [0.1, 0.15) is 5.56 Å². The lowest BCUT2D eigenvalue weighted by atomic mass is 10.2. The summed E-state index contributed by atoms with van der Waals surface area (Å²) in [5, 5.41) is 16.6. The van der Waals surface area contributed by atoms with Crippen LogP contribution in [0.15, 0.2) is 18.2 Å². The predicted molar refractivity (Wildman–Crippen MR) is 49.3 cm³/mol. The van der Waals surface area contributed by atoms with Gasteiger partial charge in [-0.3, -0.25) is 0 Å². The number of methoxy groups -OCH3 is 1. The number of hydrogen-bond donors (Lipinski definition) is 0. The Labute approximate surface area is 80.5 Å². The highest BCUT2D eigenvalue weighted by atomic mass is 16.5. The second-order valence-corrected chi connectivity index (χ2v) is 2.82. The molecule has 2 rings (SSSR count). The molecular formula is C9H8N4O. The lowest BCUT2D eigenvalue weighted by molar-refractivity contribution is 0.122. The Morgan fingerprint density at radius 3 is 3.14 bits per heavy atom. The van der Waals surface area contributed by atoms with Crippen LogP contribution in [-0.2, 0) is 11.5 Å². The fourth-order valence-corrected chi connectivity index (χ4v) is 1.25. The summed E-state index contributed by atoms with van der Waals surface area (Å²) in [5.74, 6) is 0.